The van der Waals surface area contributed by atoms with Gasteiger partial charge in [-0.3, -0.25) is 4.79 Å². The zero-order valence-electron chi connectivity index (χ0n) is 24.6. The van der Waals surface area contributed by atoms with Crippen LogP contribution in [0.4, 0.5) is 0 Å². The van der Waals surface area contributed by atoms with E-state index in [9.17, 15) is 20.1 Å². The molecule has 0 radical (unpaired) electrons. The zero-order valence-corrected chi connectivity index (χ0v) is 24.6. The highest BCUT2D eigenvalue weighted by Crippen LogP contribution is 2.68. The fourth-order valence-corrected chi connectivity index (χ4v) is 10.5. The molecule has 2 aromatic rings. The molecule has 0 aliphatic heterocycles. The minimum Gasteiger partial charge on any atom is -0.393 e. The number of aromatic amines is 1. The average molecular weight is 551 g/mol. The van der Waals surface area contributed by atoms with Gasteiger partial charge in [0, 0.05) is 30.1 Å². The van der Waals surface area contributed by atoms with Crippen molar-refractivity contribution >= 4 is 16.8 Å². The Hall–Kier alpha value is -1.89. The first-order chi connectivity index (χ1) is 19.1. The molecule has 4 aliphatic carbocycles. The molecule has 5 N–H and O–H groups in total. The van der Waals surface area contributed by atoms with E-state index in [4.69, 9.17) is 0 Å². The summed E-state index contributed by atoms with van der Waals surface area (Å²) < 4.78 is 0. The van der Waals surface area contributed by atoms with Crippen LogP contribution in [0, 0.1) is 46.3 Å². The summed E-state index contributed by atoms with van der Waals surface area (Å²) in [4.78, 5) is 16.1. The lowest BCUT2D eigenvalue weighted by Crippen LogP contribution is -2.62. The lowest BCUT2D eigenvalue weighted by Gasteiger charge is -2.63. The number of aliphatic hydroxyl groups is 3. The highest BCUT2D eigenvalue weighted by atomic mass is 16.3. The molecule has 1 amide bonds. The second-order valence-corrected chi connectivity index (χ2v) is 14.5. The Morgan fingerprint density at radius 2 is 1.88 bits per heavy atom. The van der Waals surface area contributed by atoms with Crippen molar-refractivity contribution in [2.24, 2.45) is 46.3 Å². The van der Waals surface area contributed by atoms with Gasteiger partial charge in [-0.2, -0.15) is 0 Å². The van der Waals surface area contributed by atoms with E-state index in [-0.39, 0.29) is 41.0 Å². The van der Waals surface area contributed by atoms with Crippen molar-refractivity contribution in [2.45, 2.75) is 103 Å². The fourth-order valence-electron chi connectivity index (χ4n) is 10.5. The number of benzene rings is 1. The minimum absolute atomic E-state index is 0.0971. The normalized spacial score (nSPS) is 41.6. The number of H-pyrrole nitrogens is 1. The lowest BCUT2D eigenvalue weighted by atomic mass is 9.43. The fraction of sp³-hybridized carbons (Fsp3) is 0.735. The number of nitrogens with one attached hydrogen (secondary N) is 2. The number of carbonyl (C=O) groups is 1. The number of para-hydroxylation sites is 1. The van der Waals surface area contributed by atoms with Gasteiger partial charge in [-0.15, -0.1) is 0 Å². The summed E-state index contributed by atoms with van der Waals surface area (Å²) in [5.41, 5.74) is 2.24. The smallest absolute Gasteiger partial charge is 0.220 e. The van der Waals surface area contributed by atoms with Crippen LogP contribution in [-0.2, 0) is 11.2 Å². The summed E-state index contributed by atoms with van der Waals surface area (Å²) in [6.45, 7) is 7.58. The number of hydrogen-bond donors (Lipinski definition) is 5. The number of carbonyl (C=O) groups excluding carboxylic acids is 1. The second-order valence-electron chi connectivity index (χ2n) is 14.5. The minimum atomic E-state index is -0.381. The van der Waals surface area contributed by atoms with Gasteiger partial charge in [-0.1, -0.05) is 39.0 Å². The molecule has 1 aromatic carbocycles. The first kappa shape index (κ1) is 28.2. The number of amides is 1. The van der Waals surface area contributed by atoms with E-state index in [2.05, 4.69) is 43.2 Å². The van der Waals surface area contributed by atoms with Crippen LogP contribution < -0.4 is 5.32 Å². The Labute approximate surface area is 239 Å². The molecule has 0 spiro atoms. The lowest BCUT2D eigenvalue weighted by molar-refractivity contribution is -0.207. The van der Waals surface area contributed by atoms with Gasteiger partial charge < -0.3 is 25.6 Å². The molecule has 1 aromatic heterocycles. The standard InChI is InChI=1S/C34H50N2O4/c1-20(8-11-31(40)35-15-13-21-19-36-28-7-5-4-6-24(21)28)25-9-10-26-32-27(18-30(39)34(25,26)3)33(2)14-12-23(37)16-22(33)17-29(32)38/h4-7,19-20,22-23,25-27,29-30,32,36-39H,8-18H2,1-3H3,(H,35,40). The number of aromatic nitrogens is 1. The van der Waals surface area contributed by atoms with Gasteiger partial charge in [0.05, 0.1) is 18.3 Å². The summed E-state index contributed by atoms with van der Waals surface area (Å²) in [5, 5.41) is 38.0. The largest absolute Gasteiger partial charge is 0.393 e. The van der Waals surface area contributed by atoms with Gasteiger partial charge in [-0.25, -0.2) is 0 Å². The Bertz CT molecular complexity index is 1210. The predicted molar refractivity (Wildman–Crippen MR) is 157 cm³/mol. The molecule has 0 saturated heterocycles. The van der Waals surface area contributed by atoms with E-state index in [1.165, 1.54) is 10.9 Å². The number of fused-ring (bicyclic) bond motifs is 6. The molecule has 40 heavy (non-hydrogen) atoms. The molecule has 11 atom stereocenters. The Balaban J connectivity index is 1.06. The zero-order chi connectivity index (χ0) is 28.2. The van der Waals surface area contributed by atoms with Gasteiger partial charge in [0.1, 0.15) is 0 Å². The maximum atomic E-state index is 12.8. The van der Waals surface area contributed by atoms with Crippen LogP contribution in [0.1, 0.15) is 84.1 Å². The van der Waals surface area contributed by atoms with Crippen LogP contribution in [0.25, 0.3) is 10.9 Å². The van der Waals surface area contributed by atoms with Crippen molar-refractivity contribution in [3.63, 3.8) is 0 Å². The maximum absolute atomic E-state index is 12.8. The monoisotopic (exact) mass is 550 g/mol. The highest BCUT2D eigenvalue weighted by Gasteiger charge is 2.65. The van der Waals surface area contributed by atoms with E-state index in [0.717, 1.165) is 63.3 Å². The molecule has 0 bridgehead atoms. The Morgan fingerprint density at radius 1 is 1.07 bits per heavy atom. The van der Waals surface area contributed by atoms with Crippen molar-refractivity contribution in [1.29, 1.82) is 0 Å². The molecule has 4 fully saturated rings. The van der Waals surface area contributed by atoms with Crippen LogP contribution in [0.5, 0.6) is 0 Å². The molecule has 4 saturated carbocycles. The third-order valence-electron chi connectivity index (χ3n) is 12.7. The first-order valence-corrected chi connectivity index (χ1v) is 16.0. The number of rotatable bonds is 7. The van der Waals surface area contributed by atoms with E-state index in [0.29, 0.717) is 42.6 Å². The van der Waals surface area contributed by atoms with Crippen molar-refractivity contribution < 1.29 is 20.1 Å². The van der Waals surface area contributed by atoms with Crippen molar-refractivity contribution in [1.82, 2.24) is 10.3 Å². The van der Waals surface area contributed by atoms with Gasteiger partial charge in [0.15, 0.2) is 0 Å². The third-order valence-corrected chi connectivity index (χ3v) is 12.7. The Kier molecular flexibility index (Phi) is 7.59. The quantitative estimate of drug-likeness (QED) is 0.327. The van der Waals surface area contributed by atoms with E-state index < -0.39 is 0 Å². The summed E-state index contributed by atoms with van der Waals surface area (Å²) in [6, 6.07) is 8.26. The van der Waals surface area contributed by atoms with Crippen molar-refractivity contribution in [2.75, 3.05) is 6.54 Å². The maximum Gasteiger partial charge on any atom is 0.220 e. The van der Waals surface area contributed by atoms with E-state index in [1.54, 1.807) is 0 Å². The van der Waals surface area contributed by atoms with E-state index >= 15 is 0 Å². The van der Waals surface area contributed by atoms with Crippen molar-refractivity contribution in [3.05, 3.63) is 36.0 Å². The third kappa shape index (κ3) is 4.62. The van der Waals surface area contributed by atoms with Crippen LogP contribution in [-0.4, -0.2) is 51.1 Å². The summed E-state index contributed by atoms with van der Waals surface area (Å²) >= 11 is 0. The highest BCUT2D eigenvalue weighted by molar-refractivity contribution is 5.83. The molecule has 6 rings (SSSR count). The van der Waals surface area contributed by atoms with Crippen LogP contribution in [0.2, 0.25) is 0 Å². The molecule has 6 nitrogen and oxygen atoms in total. The molecule has 4 aliphatic rings. The first-order valence-electron chi connectivity index (χ1n) is 16.0. The number of aliphatic hydroxyl groups excluding tert-OH is 3. The average Bonchev–Trinajstić information content (AvgIpc) is 3.51. The van der Waals surface area contributed by atoms with Gasteiger partial charge >= 0.3 is 0 Å². The topological polar surface area (TPSA) is 106 Å². The molecule has 1 heterocycles. The summed E-state index contributed by atoms with van der Waals surface area (Å²) in [6.07, 6.45) is 9.51. The van der Waals surface area contributed by atoms with Crippen LogP contribution in [0.3, 0.4) is 0 Å². The SMILES string of the molecule is CC(CCC(=O)NCCc1c[nH]c2ccccc12)C1CCC2C3C(O)CC4CC(O)CCC4(C)C3CC(O)C12C. The molecular weight excluding hydrogens is 500 g/mol. The van der Waals surface area contributed by atoms with Crippen LogP contribution in [0.15, 0.2) is 30.5 Å². The van der Waals surface area contributed by atoms with Gasteiger partial charge in [0.25, 0.3) is 0 Å². The van der Waals surface area contributed by atoms with Crippen LogP contribution >= 0.6 is 0 Å². The molecule has 6 heteroatoms. The summed E-state index contributed by atoms with van der Waals surface area (Å²) in [7, 11) is 0. The second kappa shape index (κ2) is 10.7. The number of hydrogen-bond acceptors (Lipinski definition) is 4. The molecule has 220 valence electrons. The van der Waals surface area contributed by atoms with Crippen molar-refractivity contribution in [3.8, 4) is 0 Å². The Morgan fingerprint density at radius 3 is 2.70 bits per heavy atom. The molecular formula is C34H50N2O4. The van der Waals surface area contributed by atoms with Gasteiger partial charge in [-0.05, 0) is 116 Å². The summed E-state index contributed by atoms with van der Waals surface area (Å²) in [5.74, 6) is 2.02. The molecule has 11 unspecified atom stereocenters. The van der Waals surface area contributed by atoms with Gasteiger partial charge in [0.2, 0.25) is 5.91 Å². The predicted octanol–water partition coefficient (Wildman–Crippen LogP) is 5.20. The van der Waals surface area contributed by atoms with E-state index in [1.807, 2.05) is 18.3 Å².